The molecule has 0 bridgehead atoms. The Morgan fingerprint density at radius 2 is 2.05 bits per heavy atom. The molecule has 4 heteroatoms. The molecule has 0 saturated heterocycles. The van der Waals surface area contributed by atoms with Gasteiger partial charge in [-0.3, -0.25) is 0 Å². The molecule has 102 valence electrons. The lowest BCUT2D eigenvalue weighted by Gasteiger charge is -2.15. The van der Waals surface area contributed by atoms with E-state index < -0.39 is 6.10 Å². The maximum absolute atomic E-state index is 10.6. The summed E-state index contributed by atoms with van der Waals surface area (Å²) in [4.78, 5) is 5.26. The molecule has 3 nitrogen and oxygen atoms in total. The van der Waals surface area contributed by atoms with Crippen molar-refractivity contribution < 1.29 is 9.84 Å². The van der Waals surface area contributed by atoms with Crippen LogP contribution in [0.3, 0.4) is 0 Å². The molecule has 1 aromatic carbocycles. The highest BCUT2D eigenvalue weighted by molar-refractivity contribution is 7.11. The zero-order valence-electron chi connectivity index (χ0n) is 11.5. The third-order valence-electron chi connectivity index (χ3n) is 2.86. The second-order valence-electron chi connectivity index (χ2n) is 4.47. The van der Waals surface area contributed by atoms with Crippen molar-refractivity contribution in [2.75, 3.05) is 6.61 Å². The van der Waals surface area contributed by atoms with E-state index in [2.05, 4.69) is 11.9 Å². The molecule has 1 aromatic heterocycles. The average Bonchev–Trinajstić information content (AvgIpc) is 2.75. The Kier molecular flexibility index (Phi) is 4.56. The lowest BCUT2D eigenvalue weighted by molar-refractivity contribution is 0.213. The molecular formula is C15H19NO2S. The topological polar surface area (TPSA) is 42.4 Å². The Morgan fingerprint density at radius 3 is 2.68 bits per heavy atom. The second kappa shape index (κ2) is 6.17. The van der Waals surface area contributed by atoms with E-state index in [1.54, 1.807) is 0 Å². The first-order chi connectivity index (χ1) is 9.13. The largest absolute Gasteiger partial charge is 0.493 e. The van der Waals surface area contributed by atoms with Crippen LogP contribution in [-0.2, 0) is 0 Å². The number of aryl methyl sites for hydroxylation is 2. The van der Waals surface area contributed by atoms with Gasteiger partial charge >= 0.3 is 0 Å². The number of ether oxygens (including phenoxy) is 1. The molecule has 0 aliphatic rings. The monoisotopic (exact) mass is 277 g/mol. The number of aliphatic hydroxyl groups excluding tert-OH is 1. The number of thiazole rings is 1. The molecule has 2 aromatic rings. The van der Waals surface area contributed by atoms with Crippen LogP contribution < -0.4 is 4.74 Å². The van der Waals surface area contributed by atoms with Crippen molar-refractivity contribution in [3.8, 4) is 5.75 Å². The van der Waals surface area contributed by atoms with E-state index in [-0.39, 0.29) is 0 Å². The third-order valence-corrected chi connectivity index (χ3v) is 3.99. The number of aliphatic hydroxyl groups is 1. The number of benzene rings is 1. The summed E-state index contributed by atoms with van der Waals surface area (Å²) in [6.07, 6.45) is 0.280. The molecule has 0 saturated carbocycles. The minimum atomic E-state index is -0.667. The minimum absolute atomic E-state index is 0.657. The van der Waals surface area contributed by atoms with Crippen LogP contribution in [0.4, 0.5) is 0 Å². The smallest absolute Gasteiger partial charge is 0.125 e. The van der Waals surface area contributed by atoms with Gasteiger partial charge in [-0.15, -0.1) is 11.3 Å². The molecule has 19 heavy (non-hydrogen) atoms. The van der Waals surface area contributed by atoms with Crippen molar-refractivity contribution in [2.45, 2.75) is 33.3 Å². The Bertz CT molecular complexity index is 551. The van der Waals surface area contributed by atoms with E-state index in [1.807, 2.05) is 38.1 Å². The number of hydrogen-bond donors (Lipinski definition) is 1. The van der Waals surface area contributed by atoms with Gasteiger partial charge in [0.15, 0.2) is 0 Å². The fraction of sp³-hybridized carbons (Fsp3) is 0.400. The van der Waals surface area contributed by atoms with Crippen molar-refractivity contribution in [1.29, 1.82) is 0 Å². The van der Waals surface area contributed by atoms with Crippen molar-refractivity contribution in [3.05, 3.63) is 45.4 Å². The highest BCUT2D eigenvalue weighted by Gasteiger charge is 2.20. The molecule has 1 unspecified atom stereocenters. The molecule has 0 spiro atoms. The molecule has 0 radical (unpaired) electrons. The number of aromatic nitrogens is 1. The molecule has 1 heterocycles. The fourth-order valence-electron chi connectivity index (χ4n) is 1.99. The van der Waals surface area contributed by atoms with Crippen LogP contribution in [0.25, 0.3) is 0 Å². The van der Waals surface area contributed by atoms with Gasteiger partial charge in [0.05, 0.1) is 22.2 Å². The van der Waals surface area contributed by atoms with E-state index in [0.29, 0.717) is 6.61 Å². The third kappa shape index (κ3) is 3.14. The summed E-state index contributed by atoms with van der Waals surface area (Å²) in [5.74, 6) is 0.752. The summed E-state index contributed by atoms with van der Waals surface area (Å²) in [6.45, 7) is 6.60. The van der Waals surface area contributed by atoms with Crippen LogP contribution in [-0.4, -0.2) is 16.7 Å². The van der Waals surface area contributed by atoms with Gasteiger partial charge in [0.25, 0.3) is 0 Å². The first-order valence-electron chi connectivity index (χ1n) is 6.47. The molecule has 0 amide bonds. The molecule has 2 rings (SSSR count). The highest BCUT2D eigenvalue weighted by atomic mass is 32.1. The van der Waals surface area contributed by atoms with Gasteiger partial charge in [0.2, 0.25) is 0 Å². The van der Waals surface area contributed by atoms with Crippen LogP contribution in [0.1, 0.15) is 40.6 Å². The summed E-state index contributed by atoms with van der Waals surface area (Å²) in [7, 11) is 0. The van der Waals surface area contributed by atoms with Gasteiger partial charge in [0, 0.05) is 5.56 Å². The maximum Gasteiger partial charge on any atom is 0.125 e. The van der Waals surface area contributed by atoms with Crippen LogP contribution in [0.15, 0.2) is 24.3 Å². The minimum Gasteiger partial charge on any atom is -0.493 e. The molecule has 0 aliphatic carbocycles. The number of nitrogens with zero attached hydrogens (tertiary/aromatic N) is 1. The second-order valence-corrected chi connectivity index (χ2v) is 5.71. The van der Waals surface area contributed by atoms with E-state index in [9.17, 15) is 5.11 Å². The first-order valence-corrected chi connectivity index (χ1v) is 7.28. The van der Waals surface area contributed by atoms with Crippen molar-refractivity contribution in [3.63, 3.8) is 0 Å². The van der Waals surface area contributed by atoms with E-state index in [4.69, 9.17) is 4.74 Å². The van der Waals surface area contributed by atoms with Gasteiger partial charge in [-0.05, 0) is 26.3 Å². The Hall–Kier alpha value is -1.39. The summed E-state index contributed by atoms with van der Waals surface area (Å²) in [5, 5.41) is 11.5. The van der Waals surface area contributed by atoms with Gasteiger partial charge in [-0.25, -0.2) is 4.98 Å². The zero-order valence-corrected chi connectivity index (χ0v) is 12.3. The van der Waals surface area contributed by atoms with Crippen LogP contribution in [0, 0.1) is 13.8 Å². The maximum atomic E-state index is 10.6. The highest BCUT2D eigenvalue weighted by Crippen LogP contribution is 2.34. The number of hydrogen-bond acceptors (Lipinski definition) is 4. The average molecular weight is 277 g/mol. The Morgan fingerprint density at radius 1 is 1.32 bits per heavy atom. The molecule has 1 atom stereocenters. The standard InChI is InChI=1S/C15H19NO2S/c1-4-9-18-13-8-6-5-7-12(13)14(17)15-10(2)16-11(3)19-15/h5-8,14,17H,4,9H2,1-3H3. The molecular weight excluding hydrogens is 258 g/mol. The van der Waals surface area contributed by atoms with Gasteiger partial charge in [0.1, 0.15) is 11.9 Å². The van der Waals surface area contributed by atoms with Crippen LogP contribution >= 0.6 is 11.3 Å². The normalized spacial score (nSPS) is 12.4. The van der Waals surface area contributed by atoms with Crippen LogP contribution in [0.2, 0.25) is 0 Å². The zero-order chi connectivity index (χ0) is 13.8. The molecule has 0 aliphatic heterocycles. The summed E-state index contributed by atoms with van der Waals surface area (Å²) >= 11 is 1.53. The first kappa shape index (κ1) is 14.0. The van der Waals surface area contributed by atoms with Crippen molar-refractivity contribution in [2.24, 2.45) is 0 Å². The molecule has 0 fully saturated rings. The summed E-state index contributed by atoms with van der Waals surface area (Å²) < 4.78 is 5.70. The van der Waals surface area contributed by atoms with E-state index >= 15 is 0 Å². The SMILES string of the molecule is CCCOc1ccccc1C(O)c1sc(C)nc1C. The number of para-hydroxylation sites is 1. The fourth-order valence-corrected chi connectivity index (χ4v) is 2.92. The predicted molar refractivity (Wildman–Crippen MR) is 77.9 cm³/mol. The van der Waals surface area contributed by atoms with E-state index in [0.717, 1.165) is 33.3 Å². The van der Waals surface area contributed by atoms with Gasteiger partial charge < -0.3 is 9.84 Å². The Labute approximate surface area is 117 Å². The lowest BCUT2D eigenvalue weighted by atomic mass is 10.1. The van der Waals surface area contributed by atoms with Gasteiger partial charge in [-0.2, -0.15) is 0 Å². The Balaban J connectivity index is 2.32. The quantitative estimate of drug-likeness (QED) is 0.907. The predicted octanol–water partition coefficient (Wildman–Crippen LogP) is 3.63. The molecule has 1 N–H and O–H groups in total. The van der Waals surface area contributed by atoms with E-state index in [1.165, 1.54) is 11.3 Å². The number of rotatable bonds is 5. The van der Waals surface area contributed by atoms with Crippen LogP contribution in [0.5, 0.6) is 5.75 Å². The summed E-state index contributed by atoms with van der Waals surface area (Å²) in [5.41, 5.74) is 1.70. The van der Waals surface area contributed by atoms with Crippen molar-refractivity contribution in [1.82, 2.24) is 4.98 Å². The lowest BCUT2D eigenvalue weighted by Crippen LogP contribution is -2.04. The summed E-state index contributed by atoms with van der Waals surface area (Å²) in [6, 6.07) is 7.65. The van der Waals surface area contributed by atoms with Crippen molar-refractivity contribution >= 4 is 11.3 Å². The van der Waals surface area contributed by atoms with Gasteiger partial charge in [-0.1, -0.05) is 25.1 Å².